The number of hydrogen-bond donors (Lipinski definition) is 0. The molecule has 0 radical (unpaired) electrons. The maximum atomic E-state index is 12.9. The second-order valence-corrected chi connectivity index (χ2v) is 9.12. The zero-order valence-corrected chi connectivity index (χ0v) is 19.4. The van der Waals surface area contributed by atoms with E-state index in [1.807, 2.05) is 44.2 Å². The molecule has 0 unspecified atom stereocenters. The Kier molecular flexibility index (Phi) is 5.77. The van der Waals surface area contributed by atoms with E-state index in [1.165, 1.54) is 5.56 Å². The molecule has 4 heteroatoms. The second kappa shape index (κ2) is 8.87. The van der Waals surface area contributed by atoms with Gasteiger partial charge in [-0.05, 0) is 42.5 Å². The molecule has 0 spiro atoms. The first-order chi connectivity index (χ1) is 16.0. The van der Waals surface area contributed by atoms with Crippen molar-refractivity contribution in [3.8, 4) is 5.75 Å². The lowest BCUT2D eigenvalue weighted by Gasteiger charge is -2.32. The van der Waals surface area contributed by atoms with Gasteiger partial charge in [0.1, 0.15) is 18.1 Å². The zero-order valence-electron chi connectivity index (χ0n) is 19.4. The van der Waals surface area contributed by atoms with Crippen molar-refractivity contribution >= 4 is 11.0 Å². The summed E-state index contributed by atoms with van der Waals surface area (Å²) in [7, 11) is 0. The predicted octanol–water partition coefficient (Wildman–Crippen LogP) is 5.96. The number of benzene rings is 3. The van der Waals surface area contributed by atoms with Crippen molar-refractivity contribution in [1.82, 2.24) is 4.90 Å². The standard InChI is InChI=1S/C29H29NO3/c1-19(23-12-8-5-9-13-23)16-30-17-24-15-25-20(2)26(14-22-10-6-4-7-11-22)29(31)33-28(25)21(3)27(24)32-18-30/h4-13,15,19H,14,16-18H2,1-3H3/t19-/m0/s1. The molecule has 1 aromatic heterocycles. The van der Waals surface area contributed by atoms with Crippen LogP contribution in [-0.4, -0.2) is 18.2 Å². The molecule has 1 aliphatic rings. The van der Waals surface area contributed by atoms with Crippen LogP contribution in [0.15, 0.2) is 75.9 Å². The molecule has 1 aliphatic heterocycles. The summed E-state index contributed by atoms with van der Waals surface area (Å²) >= 11 is 0. The van der Waals surface area contributed by atoms with Crippen LogP contribution < -0.4 is 10.4 Å². The average Bonchev–Trinajstić information content (AvgIpc) is 2.84. The molecule has 4 aromatic rings. The molecule has 0 saturated carbocycles. The molecule has 0 bridgehead atoms. The third-order valence-corrected chi connectivity index (χ3v) is 6.74. The maximum Gasteiger partial charge on any atom is 0.340 e. The maximum absolute atomic E-state index is 12.9. The molecule has 0 aliphatic carbocycles. The van der Waals surface area contributed by atoms with E-state index in [0.717, 1.165) is 52.0 Å². The number of rotatable bonds is 5. The van der Waals surface area contributed by atoms with Crippen LogP contribution in [0.3, 0.4) is 0 Å². The Labute approximate surface area is 194 Å². The van der Waals surface area contributed by atoms with Crippen molar-refractivity contribution < 1.29 is 9.15 Å². The summed E-state index contributed by atoms with van der Waals surface area (Å²) in [6.07, 6.45) is 0.568. The van der Waals surface area contributed by atoms with E-state index in [9.17, 15) is 4.79 Å². The Morgan fingerprint density at radius 3 is 2.39 bits per heavy atom. The van der Waals surface area contributed by atoms with E-state index in [0.29, 0.717) is 24.7 Å². The summed E-state index contributed by atoms with van der Waals surface area (Å²) in [6.45, 7) is 8.54. The molecule has 2 heterocycles. The highest BCUT2D eigenvalue weighted by Crippen LogP contribution is 2.37. The number of ether oxygens (including phenoxy) is 1. The van der Waals surface area contributed by atoms with Crippen LogP contribution >= 0.6 is 0 Å². The van der Waals surface area contributed by atoms with Gasteiger partial charge in [0.25, 0.3) is 0 Å². The first-order valence-corrected chi connectivity index (χ1v) is 11.5. The molecule has 0 N–H and O–H groups in total. The molecule has 168 valence electrons. The van der Waals surface area contributed by atoms with Crippen LogP contribution in [0.5, 0.6) is 5.75 Å². The van der Waals surface area contributed by atoms with Crippen LogP contribution in [-0.2, 0) is 13.0 Å². The molecule has 4 nitrogen and oxygen atoms in total. The fourth-order valence-electron chi connectivity index (χ4n) is 4.89. The SMILES string of the molecule is Cc1c(Cc2ccccc2)c(=O)oc2c(C)c3c(cc12)CN(C[C@H](C)c1ccccc1)CO3. The van der Waals surface area contributed by atoms with Gasteiger partial charge >= 0.3 is 5.63 Å². The Bertz CT molecular complexity index is 1340. The van der Waals surface area contributed by atoms with Crippen molar-refractivity contribution in [2.75, 3.05) is 13.3 Å². The quantitative estimate of drug-likeness (QED) is 0.360. The molecule has 0 amide bonds. The molecule has 33 heavy (non-hydrogen) atoms. The van der Waals surface area contributed by atoms with Gasteiger partial charge in [0.2, 0.25) is 0 Å². The number of fused-ring (bicyclic) bond motifs is 2. The summed E-state index contributed by atoms with van der Waals surface area (Å²) in [4.78, 5) is 15.2. The normalized spacial score (nSPS) is 14.6. The van der Waals surface area contributed by atoms with Crippen molar-refractivity contribution in [1.29, 1.82) is 0 Å². The van der Waals surface area contributed by atoms with Gasteiger partial charge < -0.3 is 9.15 Å². The highest BCUT2D eigenvalue weighted by Gasteiger charge is 2.25. The van der Waals surface area contributed by atoms with E-state index < -0.39 is 0 Å². The van der Waals surface area contributed by atoms with Gasteiger partial charge in [-0.15, -0.1) is 0 Å². The van der Waals surface area contributed by atoms with Gasteiger partial charge in [-0.25, -0.2) is 4.79 Å². The number of hydrogen-bond acceptors (Lipinski definition) is 4. The lowest BCUT2D eigenvalue weighted by atomic mass is 9.95. The highest BCUT2D eigenvalue weighted by molar-refractivity contribution is 5.87. The Balaban J connectivity index is 1.48. The predicted molar refractivity (Wildman–Crippen MR) is 132 cm³/mol. The lowest BCUT2D eigenvalue weighted by Crippen LogP contribution is -2.35. The van der Waals surface area contributed by atoms with Gasteiger partial charge in [0, 0.05) is 41.6 Å². The number of aryl methyl sites for hydroxylation is 2. The summed E-state index contributed by atoms with van der Waals surface area (Å²) in [5, 5.41) is 0.998. The largest absolute Gasteiger partial charge is 0.477 e. The molecule has 0 saturated heterocycles. The van der Waals surface area contributed by atoms with E-state index in [-0.39, 0.29) is 5.63 Å². The topological polar surface area (TPSA) is 42.7 Å². The number of nitrogens with zero attached hydrogens (tertiary/aromatic N) is 1. The summed E-state index contributed by atoms with van der Waals surface area (Å²) in [5.74, 6) is 1.26. The van der Waals surface area contributed by atoms with Gasteiger partial charge in [-0.1, -0.05) is 67.6 Å². The molecular weight excluding hydrogens is 410 g/mol. The average molecular weight is 440 g/mol. The molecular formula is C29H29NO3. The van der Waals surface area contributed by atoms with E-state index in [1.54, 1.807) is 0 Å². The van der Waals surface area contributed by atoms with Gasteiger partial charge in [-0.3, -0.25) is 4.90 Å². The van der Waals surface area contributed by atoms with Crippen molar-refractivity contribution in [2.45, 2.75) is 39.7 Å². The Morgan fingerprint density at radius 2 is 1.67 bits per heavy atom. The molecule has 5 rings (SSSR count). The molecule has 0 fully saturated rings. The van der Waals surface area contributed by atoms with Crippen LogP contribution in [0, 0.1) is 13.8 Å². The van der Waals surface area contributed by atoms with Crippen LogP contribution in [0.4, 0.5) is 0 Å². The minimum absolute atomic E-state index is 0.263. The lowest BCUT2D eigenvalue weighted by molar-refractivity contribution is 0.0900. The Hall–Kier alpha value is -3.37. The first-order valence-electron chi connectivity index (χ1n) is 11.5. The first kappa shape index (κ1) is 21.5. The third-order valence-electron chi connectivity index (χ3n) is 6.74. The summed E-state index contributed by atoms with van der Waals surface area (Å²) < 4.78 is 12.0. The zero-order chi connectivity index (χ0) is 22.9. The molecule has 3 aromatic carbocycles. The van der Waals surface area contributed by atoms with Crippen molar-refractivity contribution in [2.24, 2.45) is 0 Å². The third kappa shape index (κ3) is 4.19. The van der Waals surface area contributed by atoms with Crippen molar-refractivity contribution in [3.63, 3.8) is 0 Å². The summed E-state index contributed by atoms with van der Waals surface area (Å²) in [5.41, 5.74) is 6.58. The van der Waals surface area contributed by atoms with E-state index in [2.05, 4.69) is 48.2 Å². The smallest absolute Gasteiger partial charge is 0.340 e. The minimum atomic E-state index is -0.263. The van der Waals surface area contributed by atoms with Crippen molar-refractivity contribution in [3.05, 3.63) is 111 Å². The fraction of sp³-hybridized carbons (Fsp3) is 0.276. The summed E-state index contributed by atoms with van der Waals surface area (Å²) in [6, 6.07) is 22.8. The van der Waals surface area contributed by atoms with Gasteiger partial charge in [0.05, 0.1) is 0 Å². The van der Waals surface area contributed by atoms with E-state index >= 15 is 0 Å². The van der Waals surface area contributed by atoms with Crippen LogP contribution in [0.2, 0.25) is 0 Å². The van der Waals surface area contributed by atoms with E-state index in [4.69, 9.17) is 9.15 Å². The molecule has 1 atom stereocenters. The van der Waals surface area contributed by atoms with Gasteiger partial charge in [0.15, 0.2) is 0 Å². The Morgan fingerprint density at radius 1 is 0.970 bits per heavy atom. The fourth-order valence-corrected chi connectivity index (χ4v) is 4.89. The monoisotopic (exact) mass is 439 g/mol. The minimum Gasteiger partial charge on any atom is -0.477 e. The van der Waals surface area contributed by atoms with Gasteiger partial charge in [-0.2, -0.15) is 0 Å². The second-order valence-electron chi connectivity index (χ2n) is 9.12. The highest BCUT2D eigenvalue weighted by atomic mass is 16.5. The van der Waals surface area contributed by atoms with Crippen LogP contribution in [0.25, 0.3) is 11.0 Å². The van der Waals surface area contributed by atoms with Crippen LogP contribution in [0.1, 0.15) is 46.2 Å².